The van der Waals surface area contributed by atoms with Gasteiger partial charge in [-0.05, 0) is 35.7 Å². The molecular weight excluding hydrogens is 472 g/mol. The summed E-state index contributed by atoms with van der Waals surface area (Å²) >= 11 is 1.28. The van der Waals surface area contributed by atoms with E-state index in [1.165, 1.54) is 43.1 Å². The third-order valence-corrected chi connectivity index (χ3v) is 6.12. The lowest BCUT2D eigenvalue weighted by Crippen LogP contribution is -2.10. The van der Waals surface area contributed by atoms with Gasteiger partial charge in [-0.25, -0.2) is 14.4 Å². The quantitative estimate of drug-likeness (QED) is 0.221. The lowest BCUT2D eigenvalue weighted by Gasteiger charge is -2.10. The van der Waals surface area contributed by atoms with Gasteiger partial charge in [0.05, 0.1) is 18.1 Å². The van der Waals surface area contributed by atoms with Crippen molar-refractivity contribution >= 4 is 28.8 Å². The average molecular weight is 490 g/mol. The monoisotopic (exact) mass is 490 g/mol. The van der Waals surface area contributed by atoms with Crippen LogP contribution in [-0.2, 0) is 30.2 Å². The number of pyridine rings is 1. The lowest BCUT2D eigenvalue weighted by molar-refractivity contribution is -0.141. The first-order chi connectivity index (χ1) is 16.0. The van der Waals surface area contributed by atoms with Crippen LogP contribution in [0.3, 0.4) is 0 Å². The predicted molar refractivity (Wildman–Crippen MR) is 119 cm³/mol. The number of hydrogen-bond acceptors (Lipinski definition) is 5. The summed E-state index contributed by atoms with van der Waals surface area (Å²) in [6.07, 6.45) is -0.379. The fourth-order valence-corrected chi connectivity index (χ4v) is 4.36. The van der Waals surface area contributed by atoms with Crippen molar-refractivity contribution in [2.24, 2.45) is 7.05 Å². The number of carboxylic acids is 1. The second-order valence-electron chi connectivity index (χ2n) is 7.71. The molecule has 4 aromatic rings. The van der Waals surface area contributed by atoms with Crippen LogP contribution in [0, 0.1) is 12.7 Å². The first-order valence-electron chi connectivity index (χ1n) is 10.0. The Morgan fingerprint density at radius 3 is 2.62 bits per heavy atom. The summed E-state index contributed by atoms with van der Waals surface area (Å²) in [6.45, 7) is 1.36. The number of aliphatic carboxylic acids is 1. The molecule has 4 rings (SSSR count). The van der Waals surface area contributed by atoms with Crippen molar-refractivity contribution in [3.63, 3.8) is 0 Å². The van der Waals surface area contributed by atoms with Crippen LogP contribution < -0.4 is 0 Å². The standard InChI is InChI=1S/C23H18F4N4O2S/c1-12-5-15(8-28-21(12)23(25,26)27)16-10-31(2)18-9-29-22(30-20(16)18)34-11-13-3-4-17(24)14(6-13)7-19(32)33/h3-6,8-10H,7,11H2,1-2H3,(H,32,33). The van der Waals surface area contributed by atoms with E-state index in [2.05, 4.69) is 15.0 Å². The molecule has 34 heavy (non-hydrogen) atoms. The van der Waals surface area contributed by atoms with Gasteiger partial charge in [-0.1, -0.05) is 23.9 Å². The van der Waals surface area contributed by atoms with Crippen molar-refractivity contribution < 1.29 is 27.5 Å². The van der Waals surface area contributed by atoms with Crippen molar-refractivity contribution in [1.82, 2.24) is 19.5 Å². The Bertz CT molecular complexity index is 1400. The SMILES string of the molecule is Cc1cc(-c2cn(C)c3cnc(SCc4ccc(F)c(CC(=O)O)c4)nc23)cnc1C(F)(F)F. The van der Waals surface area contributed by atoms with Crippen molar-refractivity contribution in [2.45, 2.75) is 30.4 Å². The molecule has 0 fully saturated rings. The fourth-order valence-electron chi connectivity index (χ4n) is 3.60. The van der Waals surface area contributed by atoms with E-state index in [1.807, 2.05) is 0 Å². The molecule has 0 unspecified atom stereocenters. The Morgan fingerprint density at radius 1 is 1.18 bits per heavy atom. The number of hydrogen-bond donors (Lipinski definition) is 1. The second-order valence-corrected chi connectivity index (χ2v) is 8.65. The molecule has 3 aromatic heterocycles. The maximum Gasteiger partial charge on any atom is 0.433 e. The summed E-state index contributed by atoms with van der Waals surface area (Å²) < 4.78 is 54.9. The van der Waals surface area contributed by atoms with E-state index in [-0.39, 0.29) is 11.1 Å². The molecule has 6 nitrogen and oxygen atoms in total. The molecule has 0 bridgehead atoms. The smallest absolute Gasteiger partial charge is 0.433 e. The van der Waals surface area contributed by atoms with Crippen LogP contribution in [-0.4, -0.2) is 30.6 Å². The highest BCUT2D eigenvalue weighted by Gasteiger charge is 2.34. The Morgan fingerprint density at radius 2 is 1.94 bits per heavy atom. The molecule has 0 saturated heterocycles. The maximum atomic E-state index is 13.8. The van der Waals surface area contributed by atoms with Crippen LogP contribution >= 0.6 is 11.8 Å². The molecule has 0 spiro atoms. The van der Waals surface area contributed by atoms with Crippen LogP contribution in [0.5, 0.6) is 0 Å². The van der Waals surface area contributed by atoms with Gasteiger partial charge in [-0.15, -0.1) is 0 Å². The number of alkyl halides is 3. The average Bonchev–Trinajstić information content (AvgIpc) is 3.09. The van der Waals surface area contributed by atoms with Gasteiger partial charge < -0.3 is 9.67 Å². The van der Waals surface area contributed by atoms with Crippen molar-refractivity contribution in [1.29, 1.82) is 0 Å². The molecule has 0 aliphatic heterocycles. The van der Waals surface area contributed by atoms with Gasteiger partial charge in [0.25, 0.3) is 0 Å². The summed E-state index contributed by atoms with van der Waals surface area (Å²) in [7, 11) is 1.79. The molecule has 0 radical (unpaired) electrons. The summed E-state index contributed by atoms with van der Waals surface area (Å²) in [5, 5.41) is 9.35. The van der Waals surface area contributed by atoms with Gasteiger partial charge in [0.2, 0.25) is 0 Å². The van der Waals surface area contributed by atoms with E-state index in [1.54, 1.807) is 30.1 Å². The number of carbonyl (C=O) groups is 1. The van der Waals surface area contributed by atoms with E-state index < -0.39 is 30.1 Å². The predicted octanol–water partition coefficient (Wildman–Crippen LogP) is 5.42. The van der Waals surface area contributed by atoms with Gasteiger partial charge in [-0.2, -0.15) is 13.2 Å². The first-order valence-corrected chi connectivity index (χ1v) is 11.0. The Balaban J connectivity index is 1.63. The highest BCUT2D eigenvalue weighted by atomic mass is 32.2. The summed E-state index contributed by atoms with van der Waals surface area (Å²) in [5.41, 5.74) is 2.27. The maximum absolute atomic E-state index is 13.8. The number of aryl methyl sites for hydroxylation is 2. The number of benzene rings is 1. The van der Waals surface area contributed by atoms with E-state index in [0.717, 1.165) is 0 Å². The number of aromatic nitrogens is 4. The summed E-state index contributed by atoms with van der Waals surface area (Å²) in [4.78, 5) is 23.5. The first kappa shape index (κ1) is 23.7. The van der Waals surface area contributed by atoms with Gasteiger partial charge in [0, 0.05) is 36.3 Å². The third kappa shape index (κ3) is 4.89. The normalized spacial score (nSPS) is 11.8. The zero-order valence-corrected chi connectivity index (χ0v) is 18.8. The highest BCUT2D eigenvalue weighted by molar-refractivity contribution is 7.98. The zero-order valence-electron chi connectivity index (χ0n) is 18.0. The largest absolute Gasteiger partial charge is 0.481 e. The minimum absolute atomic E-state index is 0.0131. The highest BCUT2D eigenvalue weighted by Crippen LogP contribution is 2.34. The molecule has 0 saturated carbocycles. The zero-order chi connectivity index (χ0) is 24.6. The Kier molecular flexibility index (Phi) is 6.30. The van der Waals surface area contributed by atoms with Crippen molar-refractivity contribution in [2.75, 3.05) is 0 Å². The van der Waals surface area contributed by atoms with Crippen LogP contribution in [0.4, 0.5) is 17.6 Å². The molecule has 11 heteroatoms. The second kappa shape index (κ2) is 9.05. The molecule has 0 aliphatic carbocycles. The van der Waals surface area contributed by atoms with Crippen LogP contribution in [0.1, 0.15) is 22.4 Å². The number of halogens is 4. The number of rotatable bonds is 6. The van der Waals surface area contributed by atoms with Crippen LogP contribution in [0.15, 0.2) is 48.0 Å². The number of nitrogens with zero attached hydrogens (tertiary/aromatic N) is 4. The van der Waals surface area contributed by atoms with Gasteiger partial charge in [0.15, 0.2) is 5.16 Å². The molecule has 0 atom stereocenters. The minimum atomic E-state index is -4.53. The molecule has 1 aromatic carbocycles. The summed E-state index contributed by atoms with van der Waals surface area (Å²) in [6, 6.07) is 5.73. The van der Waals surface area contributed by atoms with Crippen LogP contribution in [0.2, 0.25) is 0 Å². The molecular formula is C23H18F4N4O2S. The molecule has 0 aliphatic rings. The number of thioether (sulfide) groups is 1. The molecule has 0 amide bonds. The van der Waals surface area contributed by atoms with E-state index in [4.69, 9.17) is 5.11 Å². The van der Waals surface area contributed by atoms with Gasteiger partial charge >= 0.3 is 12.1 Å². The Hall–Kier alpha value is -3.47. The van der Waals surface area contributed by atoms with Crippen LogP contribution in [0.25, 0.3) is 22.2 Å². The van der Waals surface area contributed by atoms with Gasteiger partial charge in [-0.3, -0.25) is 9.78 Å². The van der Waals surface area contributed by atoms with Crippen molar-refractivity contribution in [3.8, 4) is 11.1 Å². The fraction of sp³-hybridized carbons (Fsp3) is 0.217. The molecule has 3 heterocycles. The van der Waals surface area contributed by atoms with Gasteiger partial charge in [0.1, 0.15) is 17.0 Å². The Labute approximate surface area is 195 Å². The van der Waals surface area contributed by atoms with E-state index >= 15 is 0 Å². The van der Waals surface area contributed by atoms with E-state index in [0.29, 0.717) is 38.6 Å². The van der Waals surface area contributed by atoms with E-state index in [9.17, 15) is 22.4 Å². The topological polar surface area (TPSA) is 80.9 Å². The third-order valence-electron chi connectivity index (χ3n) is 5.18. The summed E-state index contributed by atoms with van der Waals surface area (Å²) in [5.74, 6) is -1.33. The molecule has 176 valence electrons. The van der Waals surface area contributed by atoms with Crippen molar-refractivity contribution in [3.05, 3.63) is 71.1 Å². The minimum Gasteiger partial charge on any atom is -0.481 e. The lowest BCUT2D eigenvalue weighted by atomic mass is 10.1. The number of fused-ring (bicyclic) bond motifs is 1. The molecule has 1 N–H and O–H groups in total. The number of carboxylic acid groups (broad SMARTS) is 1.